The highest BCUT2D eigenvalue weighted by atomic mass is 35.5. The second-order valence-corrected chi connectivity index (χ2v) is 5.94. The average molecular weight is 323 g/mol. The van der Waals surface area contributed by atoms with Crippen LogP contribution in [0, 0.1) is 6.92 Å². The fourth-order valence-electron chi connectivity index (χ4n) is 2.24. The number of aryl methyl sites for hydroxylation is 1. The fraction of sp³-hybridized carbons (Fsp3) is 0.353. The lowest BCUT2D eigenvalue weighted by atomic mass is 9.99. The van der Waals surface area contributed by atoms with E-state index in [2.05, 4.69) is 23.3 Å². The highest BCUT2D eigenvalue weighted by Gasteiger charge is 2.14. The molecule has 0 bridgehead atoms. The van der Waals surface area contributed by atoms with Gasteiger partial charge in [0.05, 0.1) is 10.0 Å². The normalized spacial score (nSPS) is 12.4. The average Bonchev–Trinajstić information content (AvgIpc) is 2.49. The van der Waals surface area contributed by atoms with Crippen LogP contribution < -0.4 is 5.32 Å². The van der Waals surface area contributed by atoms with Gasteiger partial charge in [0, 0.05) is 17.9 Å². The van der Waals surface area contributed by atoms with E-state index < -0.39 is 0 Å². The molecule has 2 aromatic rings. The molecule has 0 amide bonds. The van der Waals surface area contributed by atoms with Gasteiger partial charge in [0.2, 0.25) is 0 Å². The fourth-order valence-corrected chi connectivity index (χ4v) is 2.64. The molecule has 1 N–H and O–H groups in total. The predicted octanol–water partition coefficient (Wildman–Crippen LogP) is 4.98. The van der Waals surface area contributed by atoms with Crippen molar-refractivity contribution in [1.29, 1.82) is 0 Å². The molecule has 1 heterocycles. The Morgan fingerprint density at radius 1 is 1.19 bits per heavy atom. The smallest absolute Gasteiger partial charge is 0.0624 e. The number of hydrogen-bond donors (Lipinski definition) is 1. The van der Waals surface area contributed by atoms with E-state index >= 15 is 0 Å². The van der Waals surface area contributed by atoms with Crippen LogP contribution in [0.1, 0.15) is 36.2 Å². The van der Waals surface area contributed by atoms with Crippen molar-refractivity contribution in [2.45, 2.75) is 32.7 Å². The van der Waals surface area contributed by atoms with Crippen molar-refractivity contribution < 1.29 is 0 Å². The predicted molar refractivity (Wildman–Crippen MR) is 90.2 cm³/mol. The third-order valence-corrected chi connectivity index (χ3v) is 4.29. The van der Waals surface area contributed by atoms with Crippen molar-refractivity contribution in [3.05, 3.63) is 63.4 Å². The maximum Gasteiger partial charge on any atom is 0.0624 e. The summed E-state index contributed by atoms with van der Waals surface area (Å²) in [5.74, 6) is 0. The van der Waals surface area contributed by atoms with E-state index in [-0.39, 0.29) is 6.04 Å². The van der Waals surface area contributed by atoms with Gasteiger partial charge in [-0.3, -0.25) is 4.98 Å². The number of pyridine rings is 1. The topological polar surface area (TPSA) is 24.9 Å². The molecule has 1 unspecified atom stereocenters. The van der Waals surface area contributed by atoms with Crippen molar-refractivity contribution in [2.75, 3.05) is 6.54 Å². The van der Waals surface area contributed by atoms with E-state index in [1.165, 1.54) is 5.56 Å². The molecule has 0 aliphatic carbocycles. The van der Waals surface area contributed by atoms with Gasteiger partial charge in [0.25, 0.3) is 0 Å². The first-order chi connectivity index (χ1) is 10.1. The van der Waals surface area contributed by atoms with Gasteiger partial charge in [0.1, 0.15) is 0 Å². The van der Waals surface area contributed by atoms with Crippen molar-refractivity contribution >= 4 is 23.2 Å². The summed E-state index contributed by atoms with van der Waals surface area (Å²) in [5.41, 5.74) is 3.25. The van der Waals surface area contributed by atoms with Crippen molar-refractivity contribution in [2.24, 2.45) is 0 Å². The van der Waals surface area contributed by atoms with Crippen molar-refractivity contribution in [3.8, 4) is 0 Å². The number of nitrogens with one attached hydrogen (secondary N) is 1. The molecule has 0 radical (unpaired) electrons. The second kappa shape index (κ2) is 7.79. The molecule has 4 heteroatoms. The molecule has 1 aromatic carbocycles. The third-order valence-electron chi connectivity index (χ3n) is 3.43. The Morgan fingerprint density at radius 2 is 2.00 bits per heavy atom. The molecule has 1 aromatic heterocycles. The van der Waals surface area contributed by atoms with Gasteiger partial charge < -0.3 is 5.32 Å². The molecule has 0 saturated heterocycles. The standard InChI is InChI=1S/C17H20Cl2N2/c1-3-9-20-16(14-8-7-12(2)21-11-14)10-13-5-4-6-15(18)17(13)19/h4-8,11,16,20H,3,9-10H2,1-2H3. The number of aromatic nitrogens is 1. The molecule has 2 nitrogen and oxygen atoms in total. The zero-order chi connectivity index (χ0) is 15.2. The van der Waals surface area contributed by atoms with Gasteiger partial charge in [-0.25, -0.2) is 0 Å². The quantitative estimate of drug-likeness (QED) is 0.811. The van der Waals surface area contributed by atoms with Crippen molar-refractivity contribution in [1.82, 2.24) is 10.3 Å². The molecule has 112 valence electrons. The molecule has 0 aliphatic heterocycles. The summed E-state index contributed by atoms with van der Waals surface area (Å²) < 4.78 is 0. The van der Waals surface area contributed by atoms with Gasteiger partial charge in [-0.15, -0.1) is 0 Å². The number of hydrogen-bond acceptors (Lipinski definition) is 2. The number of halogens is 2. The number of benzene rings is 1. The Balaban J connectivity index is 2.23. The minimum atomic E-state index is 0.189. The van der Waals surface area contributed by atoms with Gasteiger partial charge >= 0.3 is 0 Å². The van der Waals surface area contributed by atoms with Gasteiger partial charge in [0.15, 0.2) is 0 Å². The Morgan fingerprint density at radius 3 is 2.67 bits per heavy atom. The minimum absolute atomic E-state index is 0.189. The number of rotatable bonds is 6. The van der Waals surface area contributed by atoms with Gasteiger partial charge in [-0.1, -0.05) is 48.3 Å². The highest BCUT2D eigenvalue weighted by molar-refractivity contribution is 6.42. The van der Waals surface area contributed by atoms with Crippen LogP contribution in [0.5, 0.6) is 0 Å². The first-order valence-electron chi connectivity index (χ1n) is 7.20. The van der Waals surface area contributed by atoms with Crippen LogP contribution >= 0.6 is 23.2 Å². The monoisotopic (exact) mass is 322 g/mol. The maximum atomic E-state index is 6.31. The minimum Gasteiger partial charge on any atom is -0.310 e. The number of nitrogens with zero attached hydrogens (tertiary/aromatic N) is 1. The van der Waals surface area contributed by atoms with Gasteiger partial charge in [-0.05, 0) is 49.6 Å². The molecular weight excluding hydrogens is 303 g/mol. The van der Waals surface area contributed by atoms with Crippen LogP contribution in [0.25, 0.3) is 0 Å². The van der Waals surface area contributed by atoms with Crippen LogP contribution in [-0.2, 0) is 6.42 Å². The Labute approximate surface area is 136 Å². The summed E-state index contributed by atoms with van der Waals surface area (Å²) in [6.07, 6.45) is 3.81. The molecule has 21 heavy (non-hydrogen) atoms. The Hall–Kier alpha value is -1.09. The van der Waals surface area contributed by atoms with Crippen molar-refractivity contribution in [3.63, 3.8) is 0 Å². The molecule has 0 fully saturated rings. The van der Waals surface area contributed by atoms with Crippen LogP contribution in [0.3, 0.4) is 0 Å². The van der Waals surface area contributed by atoms with Crippen LogP contribution in [-0.4, -0.2) is 11.5 Å². The largest absolute Gasteiger partial charge is 0.310 e. The van der Waals surface area contributed by atoms with E-state index in [9.17, 15) is 0 Å². The van der Waals surface area contributed by atoms with Crippen LogP contribution in [0.4, 0.5) is 0 Å². The molecular formula is C17H20Cl2N2. The SMILES string of the molecule is CCCNC(Cc1cccc(Cl)c1Cl)c1ccc(C)nc1. The van der Waals surface area contributed by atoms with Crippen LogP contribution in [0.15, 0.2) is 36.5 Å². The van der Waals surface area contributed by atoms with Gasteiger partial charge in [-0.2, -0.15) is 0 Å². The molecule has 0 saturated carbocycles. The summed E-state index contributed by atoms with van der Waals surface area (Å²) in [7, 11) is 0. The van der Waals surface area contributed by atoms with Crippen LogP contribution in [0.2, 0.25) is 10.0 Å². The zero-order valence-electron chi connectivity index (χ0n) is 12.4. The second-order valence-electron chi connectivity index (χ2n) is 5.16. The molecule has 0 spiro atoms. The van der Waals surface area contributed by atoms with E-state index in [1.807, 2.05) is 37.4 Å². The van der Waals surface area contributed by atoms with E-state index in [0.29, 0.717) is 10.0 Å². The first kappa shape index (κ1) is 16.3. The summed E-state index contributed by atoms with van der Waals surface area (Å²) in [6, 6.07) is 10.1. The lowest BCUT2D eigenvalue weighted by Crippen LogP contribution is -2.24. The van der Waals surface area contributed by atoms with E-state index in [0.717, 1.165) is 30.6 Å². The maximum absolute atomic E-state index is 6.31. The first-order valence-corrected chi connectivity index (χ1v) is 7.96. The Bertz CT molecular complexity index is 582. The zero-order valence-corrected chi connectivity index (χ0v) is 13.9. The third kappa shape index (κ3) is 4.44. The lowest BCUT2D eigenvalue weighted by Gasteiger charge is -2.20. The summed E-state index contributed by atoms with van der Waals surface area (Å²) in [5, 5.41) is 4.80. The molecule has 2 rings (SSSR count). The van der Waals surface area contributed by atoms with E-state index in [4.69, 9.17) is 23.2 Å². The highest BCUT2D eigenvalue weighted by Crippen LogP contribution is 2.29. The molecule has 0 aliphatic rings. The summed E-state index contributed by atoms with van der Waals surface area (Å²) in [6.45, 7) is 5.10. The summed E-state index contributed by atoms with van der Waals surface area (Å²) >= 11 is 12.4. The summed E-state index contributed by atoms with van der Waals surface area (Å²) in [4.78, 5) is 4.39. The van der Waals surface area contributed by atoms with E-state index in [1.54, 1.807) is 0 Å². The lowest BCUT2D eigenvalue weighted by molar-refractivity contribution is 0.528. The molecule has 1 atom stereocenters. The Kier molecular flexibility index (Phi) is 6.04.